The first-order valence-corrected chi connectivity index (χ1v) is 11.8. The van der Waals surface area contributed by atoms with Gasteiger partial charge >= 0.3 is 0 Å². The number of benzene rings is 2. The van der Waals surface area contributed by atoms with E-state index in [0.717, 1.165) is 25.2 Å². The van der Waals surface area contributed by atoms with Crippen molar-refractivity contribution in [2.24, 2.45) is 5.92 Å². The van der Waals surface area contributed by atoms with Gasteiger partial charge in [-0.25, -0.2) is 8.78 Å². The van der Waals surface area contributed by atoms with Gasteiger partial charge in [-0.3, -0.25) is 9.69 Å². The summed E-state index contributed by atoms with van der Waals surface area (Å²) in [7, 11) is 1.59. The number of halogens is 2. The van der Waals surface area contributed by atoms with Crippen molar-refractivity contribution in [2.45, 2.75) is 56.2 Å². The lowest BCUT2D eigenvalue weighted by atomic mass is 9.79. The molecule has 34 heavy (non-hydrogen) atoms. The standard InChI is InChI=1S/C26H33F2N3O3/c1-34-23-15-18(7-8-22(23)29)17-31-13-10-21(11-14-31)30-24(32)26(33,19-5-3-2-4-6-19)20-9-12-25(27,28)16-20/h2-8,15,20-21,33H,9-14,16-17,29H2,1H3,(H,30,32)/t20-,26?/m1/s1. The van der Waals surface area contributed by atoms with Gasteiger partial charge in [-0.15, -0.1) is 0 Å². The third kappa shape index (κ3) is 5.18. The Bertz CT molecular complexity index is 996. The van der Waals surface area contributed by atoms with Gasteiger partial charge in [0.1, 0.15) is 5.75 Å². The molecule has 2 aromatic carbocycles. The molecule has 0 spiro atoms. The van der Waals surface area contributed by atoms with Crippen LogP contribution in [0.1, 0.15) is 43.2 Å². The average molecular weight is 474 g/mol. The minimum atomic E-state index is -2.86. The SMILES string of the molecule is COc1cc(CN2CCC(NC(=O)C(O)(c3ccccc3)[C@@H]3CCC(F)(F)C3)CC2)ccc1N. The van der Waals surface area contributed by atoms with Crippen LogP contribution in [-0.2, 0) is 16.9 Å². The number of ether oxygens (including phenoxy) is 1. The Morgan fingerprint density at radius 1 is 1.21 bits per heavy atom. The summed E-state index contributed by atoms with van der Waals surface area (Å²) >= 11 is 0. The molecular formula is C26H33F2N3O3. The number of piperidine rings is 1. The number of amides is 1. The zero-order valence-corrected chi connectivity index (χ0v) is 19.5. The molecule has 4 rings (SSSR count). The third-order valence-corrected chi connectivity index (χ3v) is 7.18. The van der Waals surface area contributed by atoms with E-state index in [1.165, 1.54) is 0 Å². The predicted octanol–water partition coefficient (Wildman–Crippen LogP) is 3.68. The number of carbonyl (C=O) groups is 1. The fraction of sp³-hybridized carbons (Fsp3) is 0.500. The van der Waals surface area contributed by atoms with E-state index in [-0.39, 0.29) is 18.9 Å². The highest BCUT2D eigenvalue weighted by Gasteiger charge is 2.53. The molecule has 184 valence electrons. The number of hydrogen-bond acceptors (Lipinski definition) is 5. The highest BCUT2D eigenvalue weighted by molar-refractivity contribution is 5.87. The van der Waals surface area contributed by atoms with Gasteiger partial charge in [0.2, 0.25) is 5.92 Å². The second-order valence-electron chi connectivity index (χ2n) is 9.53. The summed E-state index contributed by atoms with van der Waals surface area (Å²) in [6.45, 7) is 2.27. The van der Waals surface area contributed by atoms with Crippen LogP contribution < -0.4 is 15.8 Å². The normalized spacial score (nSPS) is 22.8. The molecule has 0 radical (unpaired) electrons. The zero-order chi connectivity index (χ0) is 24.3. The van der Waals surface area contributed by atoms with Gasteiger partial charge in [-0.05, 0) is 42.5 Å². The Hall–Kier alpha value is -2.71. The lowest BCUT2D eigenvalue weighted by Crippen LogP contribution is -2.54. The molecule has 1 unspecified atom stereocenters. The quantitative estimate of drug-likeness (QED) is 0.534. The number of anilines is 1. The van der Waals surface area contributed by atoms with Gasteiger partial charge in [-0.1, -0.05) is 36.4 Å². The molecule has 2 atom stereocenters. The van der Waals surface area contributed by atoms with Gasteiger partial charge < -0.3 is 20.9 Å². The topological polar surface area (TPSA) is 87.8 Å². The van der Waals surface area contributed by atoms with Crippen LogP contribution in [0.4, 0.5) is 14.5 Å². The Balaban J connectivity index is 1.39. The number of nitrogens with two attached hydrogens (primary N) is 1. The number of likely N-dealkylation sites (tertiary alicyclic amines) is 1. The first kappa shape index (κ1) is 24.4. The molecule has 1 aliphatic carbocycles. The maximum Gasteiger partial charge on any atom is 0.257 e. The molecule has 6 nitrogen and oxygen atoms in total. The Morgan fingerprint density at radius 3 is 2.53 bits per heavy atom. The van der Waals surface area contributed by atoms with Crippen molar-refractivity contribution in [3.63, 3.8) is 0 Å². The number of rotatable bonds is 7. The number of carbonyl (C=O) groups excluding carboxylic acids is 1. The van der Waals surface area contributed by atoms with Crippen molar-refractivity contribution >= 4 is 11.6 Å². The second kappa shape index (κ2) is 9.88. The van der Waals surface area contributed by atoms with E-state index in [9.17, 15) is 18.7 Å². The molecule has 0 bridgehead atoms. The Labute approximate surface area is 199 Å². The van der Waals surface area contributed by atoms with Crippen LogP contribution in [0.15, 0.2) is 48.5 Å². The maximum absolute atomic E-state index is 14.0. The van der Waals surface area contributed by atoms with Crippen LogP contribution in [0.2, 0.25) is 0 Å². The van der Waals surface area contributed by atoms with Gasteiger partial charge in [0.15, 0.2) is 5.60 Å². The molecule has 2 fully saturated rings. The van der Waals surface area contributed by atoms with Gasteiger partial charge in [0.25, 0.3) is 5.91 Å². The number of methoxy groups -OCH3 is 1. The van der Waals surface area contributed by atoms with Crippen LogP contribution in [0.3, 0.4) is 0 Å². The summed E-state index contributed by atoms with van der Waals surface area (Å²) in [6.07, 6.45) is 0.728. The average Bonchev–Trinajstić information content (AvgIpc) is 3.21. The lowest BCUT2D eigenvalue weighted by molar-refractivity contribution is -0.149. The van der Waals surface area contributed by atoms with E-state index in [1.807, 2.05) is 18.2 Å². The van der Waals surface area contributed by atoms with Gasteiger partial charge in [-0.2, -0.15) is 0 Å². The highest BCUT2D eigenvalue weighted by Crippen LogP contribution is 2.47. The van der Waals surface area contributed by atoms with Crippen LogP contribution in [0.25, 0.3) is 0 Å². The Morgan fingerprint density at radius 2 is 1.91 bits per heavy atom. The summed E-state index contributed by atoms with van der Waals surface area (Å²) in [6, 6.07) is 14.1. The molecule has 0 aromatic heterocycles. The van der Waals surface area contributed by atoms with Crippen LogP contribution in [0.5, 0.6) is 5.75 Å². The molecule has 8 heteroatoms. The molecule has 2 aliphatic rings. The van der Waals surface area contributed by atoms with Crippen molar-refractivity contribution in [1.29, 1.82) is 0 Å². The molecule has 1 saturated carbocycles. The zero-order valence-electron chi connectivity index (χ0n) is 19.5. The number of nitrogens with zero attached hydrogens (tertiary/aromatic N) is 1. The van der Waals surface area contributed by atoms with E-state index in [4.69, 9.17) is 10.5 Å². The summed E-state index contributed by atoms with van der Waals surface area (Å²) in [4.78, 5) is 15.6. The number of nitrogens with one attached hydrogen (secondary N) is 1. The number of nitrogen functional groups attached to an aromatic ring is 1. The molecule has 4 N–H and O–H groups in total. The smallest absolute Gasteiger partial charge is 0.257 e. The Kier molecular flexibility index (Phi) is 7.09. The van der Waals surface area contributed by atoms with Gasteiger partial charge in [0.05, 0.1) is 12.8 Å². The lowest BCUT2D eigenvalue weighted by Gasteiger charge is -2.37. The summed E-state index contributed by atoms with van der Waals surface area (Å²) in [5.41, 5.74) is 5.97. The number of hydrogen-bond donors (Lipinski definition) is 3. The fourth-order valence-corrected chi connectivity index (χ4v) is 5.19. The predicted molar refractivity (Wildman–Crippen MR) is 126 cm³/mol. The molecular weight excluding hydrogens is 440 g/mol. The maximum atomic E-state index is 14.0. The van der Waals surface area contributed by atoms with E-state index in [1.54, 1.807) is 37.4 Å². The number of alkyl halides is 2. The van der Waals surface area contributed by atoms with Gasteiger partial charge in [0, 0.05) is 44.4 Å². The van der Waals surface area contributed by atoms with Crippen LogP contribution in [0, 0.1) is 5.92 Å². The molecule has 2 aromatic rings. The second-order valence-corrected chi connectivity index (χ2v) is 9.53. The van der Waals surface area contributed by atoms with E-state index < -0.39 is 29.8 Å². The third-order valence-electron chi connectivity index (χ3n) is 7.18. The molecule has 1 amide bonds. The molecule has 1 aliphatic heterocycles. The highest BCUT2D eigenvalue weighted by atomic mass is 19.3. The molecule has 1 saturated heterocycles. The first-order chi connectivity index (χ1) is 16.2. The first-order valence-electron chi connectivity index (χ1n) is 11.8. The van der Waals surface area contributed by atoms with Crippen LogP contribution >= 0.6 is 0 Å². The minimum Gasteiger partial charge on any atom is -0.495 e. The molecule has 1 heterocycles. The van der Waals surface area contributed by atoms with E-state index >= 15 is 0 Å². The summed E-state index contributed by atoms with van der Waals surface area (Å²) < 4.78 is 33.3. The largest absolute Gasteiger partial charge is 0.495 e. The van der Waals surface area contributed by atoms with Crippen LogP contribution in [-0.4, -0.2) is 48.1 Å². The summed E-state index contributed by atoms with van der Waals surface area (Å²) in [5.74, 6) is -3.62. The van der Waals surface area contributed by atoms with Crippen molar-refractivity contribution in [3.05, 3.63) is 59.7 Å². The van der Waals surface area contributed by atoms with Crippen molar-refractivity contribution in [3.8, 4) is 5.75 Å². The van der Waals surface area contributed by atoms with E-state index in [0.29, 0.717) is 29.8 Å². The van der Waals surface area contributed by atoms with E-state index in [2.05, 4.69) is 10.2 Å². The van der Waals surface area contributed by atoms with Crippen molar-refractivity contribution in [2.75, 3.05) is 25.9 Å². The van der Waals surface area contributed by atoms with Crippen molar-refractivity contribution in [1.82, 2.24) is 10.2 Å². The minimum absolute atomic E-state index is 0.106. The van der Waals surface area contributed by atoms with Crippen molar-refractivity contribution < 1.29 is 23.4 Å². The fourth-order valence-electron chi connectivity index (χ4n) is 5.19. The summed E-state index contributed by atoms with van der Waals surface area (Å²) in [5, 5.41) is 14.5. The monoisotopic (exact) mass is 473 g/mol. The number of aliphatic hydroxyl groups is 1.